The number of hydrogen-bond acceptors (Lipinski definition) is 5. The van der Waals surface area contributed by atoms with Crippen molar-refractivity contribution in [1.82, 2.24) is 24.9 Å². The number of benzene rings is 4. The monoisotopic (exact) mass is 661 g/mol. The minimum absolute atomic E-state index is 0.610. The van der Waals surface area contributed by atoms with Gasteiger partial charge in [-0.1, -0.05) is 123 Å². The summed E-state index contributed by atoms with van der Waals surface area (Å²) in [6.07, 6.45) is 12.5. The predicted molar refractivity (Wildman–Crippen MR) is 210 cm³/mol. The molecule has 3 heterocycles. The van der Waals surface area contributed by atoms with Crippen molar-refractivity contribution in [3.8, 4) is 67.7 Å². The molecular weight excluding hydrogens is 623 g/mol. The lowest BCUT2D eigenvalue weighted by molar-refractivity contribution is 1.04. The van der Waals surface area contributed by atoms with Crippen LogP contribution < -0.4 is 0 Å². The molecule has 0 atom stereocenters. The topological polar surface area (TPSA) is 64.5 Å². The molecule has 1 aliphatic carbocycles. The van der Waals surface area contributed by atoms with E-state index in [-0.39, 0.29) is 0 Å². The van der Waals surface area contributed by atoms with Crippen LogP contribution in [0.5, 0.6) is 0 Å². The average Bonchev–Trinajstić information content (AvgIpc) is 3.22. The number of hydrogen-bond donors (Lipinski definition) is 0. The molecule has 3 aromatic heterocycles. The van der Waals surface area contributed by atoms with Gasteiger partial charge in [0.2, 0.25) is 0 Å². The molecule has 1 aliphatic rings. The molecular formula is C46H39N5. The zero-order chi connectivity index (χ0) is 35.0. The third kappa shape index (κ3) is 7.63. The minimum atomic E-state index is 0.610. The first kappa shape index (κ1) is 33.2. The van der Waals surface area contributed by atoms with Crippen LogP contribution in [0.15, 0.2) is 158 Å². The van der Waals surface area contributed by atoms with Gasteiger partial charge in [-0.25, -0.2) is 19.9 Å². The summed E-state index contributed by atoms with van der Waals surface area (Å²) in [4.78, 5) is 24.4. The van der Waals surface area contributed by atoms with Crippen LogP contribution in [0.4, 0.5) is 0 Å². The normalized spacial score (nSPS) is 12.1. The average molecular weight is 662 g/mol. The number of aryl methyl sites for hydroxylation is 1. The summed E-state index contributed by atoms with van der Waals surface area (Å²) in [6.45, 7) is 6.13. The molecule has 0 N–H and O–H groups in total. The van der Waals surface area contributed by atoms with Crippen molar-refractivity contribution >= 4 is 5.57 Å². The van der Waals surface area contributed by atoms with Crippen LogP contribution in [0.25, 0.3) is 73.2 Å². The van der Waals surface area contributed by atoms with Crippen LogP contribution in [0, 0.1) is 6.92 Å². The molecule has 8 rings (SSSR count). The van der Waals surface area contributed by atoms with Gasteiger partial charge in [0.05, 0.1) is 11.4 Å². The highest BCUT2D eigenvalue weighted by molar-refractivity contribution is 5.81. The van der Waals surface area contributed by atoms with E-state index in [1.54, 1.807) is 6.20 Å². The zero-order valence-electron chi connectivity index (χ0n) is 29.2. The third-order valence-corrected chi connectivity index (χ3v) is 8.66. The molecule has 0 fully saturated rings. The molecule has 51 heavy (non-hydrogen) atoms. The molecule has 0 amide bonds. The summed E-state index contributed by atoms with van der Waals surface area (Å²) in [5.74, 6) is 1.87. The molecule has 0 unspecified atom stereocenters. The first-order valence-electron chi connectivity index (χ1n) is 17.6. The fourth-order valence-corrected chi connectivity index (χ4v) is 6.16. The molecule has 0 bridgehead atoms. The summed E-state index contributed by atoms with van der Waals surface area (Å²) in [7, 11) is 0. The Morgan fingerprint density at radius 3 is 1.59 bits per heavy atom. The number of pyridine rings is 2. The standard InChI is InChI=1S/C44H33N5.C2H6/c1-30-24-40(32-12-5-2-6-13-32)46-41(25-30)33-21-19-31(20-22-33)37-26-38(36-18-11-23-45-29-36)28-39(27-37)44-48-42(34-14-7-3-8-15-34)47-43(49-44)35-16-9-4-10-17-35;1-2/h3-5,7-29H,2,6H2,1H3;1-2H3. The van der Waals surface area contributed by atoms with Gasteiger partial charge < -0.3 is 0 Å². The first-order valence-corrected chi connectivity index (χ1v) is 17.6. The summed E-state index contributed by atoms with van der Waals surface area (Å²) >= 11 is 0. The maximum absolute atomic E-state index is 5.05. The highest BCUT2D eigenvalue weighted by Crippen LogP contribution is 2.34. The van der Waals surface area contributed by atoms with Crippen LogP contribution in [0.2, 0.25) is 0 Å². The molecule has 248 valence electrons. The molecule has 0 radical (unpaired) electrons. The van der Waals surface area contributed by atoms with Gasteiger partial charge in [0.1, 0.15) is 0 Å². The van der Waals surface area contributed by atoms with Gasteiger partial charge in [-0.3, -0.25) is 4.98 Å². The first-order chi connectivity index (χ1) is 25.2. The molecule has 0 saturated heterocycles. The van der Waals surface area contributed by atoms with Crippen LogP contribution in [0.3, 0.4) is 0 Å². The summed E-state index contributed by atoms with van der Waals surface area (Å²) in [6, 6.07) is 43.7. The Balaban J connectivity index is 0.00000200. The van der Waals surface area contributed by atoms with Gasteiger partial charge in [-0.15, -0.1) is 0 Å². The summed E-state index contributed by atoms with van der Waals surface area (Å²) in [5, 5.41) is 0. The number of rotatable bonds is 7. The maximum Gasteiger partial charge on any atom is 0.164 e. The van der Waals surface area contributed by atoms with Crippen LogP contribution in [-0.4, -0.2) is 24.9 Å². The van der Waals surface area contributed by atoms with Crippen molar-refractivity contribution in [2.24, 2.45) is 0 Å². The van der Waals surface area contributed by atoms with E-state index < -0.39 is 0 Å². The van der Waals surface area contributed by atoms with Gasteiger partial charge >= 0.3 is 0 Å². The Labute approximate surface area is 300 Å². The van der Waals surface area contributed by atoms with Crippen molar-refractivity contribution in [1.29, 1.82) is 0 Å². The Morgan fingerprint density at radius 2 is 1.00 bits per heavy atom. The Kier molecular flexibility index (Phi) is 10.1. The van der Waals surface area contributed by atoms with E-state index in [4.69, 9.17) is 19.9 Å². The van der Waals surface area contributed by atoms with Gasteiger partial charge in [0.25, 0.3) is 0 Å². The zero-order valence-corrected chi connectivity index (χ0v) is 29.2. The molecule has 0 saturated carbocycles. The van der Waals surface area contributed by atoms with E-state index >= 15 is 0 Å². The lowest BCUT2D eigenvalue weighted by Crippen LogP contribution is -2.00. The predicted octanol–water partition coefficient (Wildman–Crippen LogP) is 11.7. The maximum atomic E-state index is 5.05. The Bertz CT molecular complexity index is 2250. The van der Waals surface area contributed by atoms with E-state index in [2.05, 4.69) is 90.8 Å². The van der Waals surface area contributed by atoms with Crippen molar-refractivity contribution < 1.29 is 0 Å². The SMILES string of the molecule is CC.Cc1cc(C2=CCCC=C2)nc(-c2ccc(-c3cc(-c4cccnc4)cc(-c4nc(-c5ccccc5)nc(-c5ccccc5)n4)c3)cc2)c1. The van der Waals surface area contributed by atoms with Gasteiger partial charge in [-0.2, -0.15) is 0 Å². The van der Waals surface area contributed by atoms with Gasteiger partial charge in [-0.05, 0) is 84.0 Å². The van der Waals surface area contributed by atoms with Crippen molar-refractivity contribution in [3.63, 3.8) is 0 Å². The van der Waals surface area contributed by atoms with E-state index in [9.17, 15) is 0 Å². The highest BCUT2D eigenvalue weighted by Gasteiger charge is 2.15. The quantitative estimate of drug-likeness (QED) is 0.170. The minimum Gasteiger partial charge on any atom is -0.264 e. The lowest BCUT2D eigenvalue weighted by Gasteiger charge is -2.13. The third-order valence-electron chi connectivity index (χ3n) is 8.66. The van der Waals surface area contributed by atoms with E-state index in [1.165, 1.54) is 11.1 Å². The van der Waals surface area contributed by atoms with Gasteiger partial charge in [0.15, 0.2) is 17.5 Å². The second-order valence-electron chi connectivity index (χ2n) is 12.2. The molecule has 5 nitrogen and oxygen atoms in total. The van der Waals surface area contributed by atoms with E-state index in [0.717, 1.165) is 68.7 Å². The van der Waals surface area contributed by atoms with Gasteiger partial charge in [0, 0.05) is 40.2 Å². The second kappa shape index (κ2) is 15.5. The van der Waals surface area contributed by atoms with Crippen molar-refractivity contribution in [2.75, 3.05) is 0 Å². The smallest absolute Gasteiger partial charge is 0.164 e. The molecule has 7 aromatic rings. The Morgan fingerprint density at radius 1 is 0.451 bits per heavy atom. The summed E-state index contributed by atoms with van der Waals surface area (Å²) in [5.41, 5.74) is 12.4. The van der Waals surface area contributed by atoms with Crippen molar-refractivity contribution in [2.45, 2.75) is 33.6 Å². The number of aromatic nitrogens is 5. The fraction of sp³-hybridized carbons (Fsp3) is 0.109. The Hall–Kier alpha value is -6.33. The number of allylic oxidation sites excluding steroid dienone is 4. The summed E-state index contributed by atoms with van der Waals surface area (Å²) < 4.78 is 0. The molecule has 0 spiro atoms. The fourth-order valence-electron chi connectivity index (χ4n) is 6.16. The van der Waals surface area contributed by atoms with Crippen LogP contribution in [-0.2, 0) is 0 Å². The largest absolute Gasteiger partial charge is 0.264 e. The molecule has 0 aliphatic heterocycles. The molecule has 5 heteroatoms. The highest BCUT2D eigenvalue weighted by atomic mass is 15.0. The second-order valence-corrected chi connectivity index (χ2v) is 12.2. The van der Waals surface area contributed by atoms with Crippen molar-refractivity contribution in [3.05, 3.63) is 169 Å². The van der Waals surface area contributed by atoms with Crippen LogP contribution in [0.1, 0.15) is 37.9 Å². The van der Waals surface area contributed by atoms with E-state index in [0.29, 0.717) is 17.5 Å². The molecule has 4 aromatic carbocycles. The van der Waals surface area contributed by atoms with E-state index in [1.807, 2.05) is 86.8 Å². The van der Waals surface area contributed by atoms with Crippen LogP contribution >= 0.6 is 0 Å². The lowest BCUT2D eigenvalue weighted by atomic mass is 9.95. The number of nitrogens with zero attached hydrogens (tertiary/aromatic N) is 5.